The lowest BCUT2D eigenvalue weighted by atomic mass is 10.1. The molecule has 0 radical (unpaired) electrons. The molecule has 0 spiro atoms. The molecular formula is C21H19N3S. The van der Waals surface area contributed by atoms with E-state index in [-0.39, 0.29) is 0 Å². The van der Waals surface area contributed by atoms with E-state index in [1.807, 2.05) is 13.2 Å². The molecule has 25 heavy (non-hydrogen) atoms. The maximum atomic E-state index is 4.87. The molecule has 0 amide bonds. The number of anilines is 1. The van der Waals surface area contributed by atoms with Crippen molar-refractivity contribution >= 4 is 27.2 Å². The van der Waals surface area contributed by atoms with Crippen molar-refractivity contribution in [3.63, 3.8) is 0 Å². The van der Waals surface area contributed by atoms with Gasteiger partial charge in [0.1, 0.15) is 4.83 Å². The van der Waals surface area contributed by atoms with Crippen molar-refractivity contribution in [3.05, 3.63) is 66.5 Å². The van der Waals surface area contributed by atoms with E-state index < -0.39 is 0 Å². The van der Waals surface area contributed by atoms with E-state index in [0.29, 0.717) is 0 Å². The third kappa shape index (κ3) is 3.13. The SMILES string of the molecule is CCc1cc(-c2cc3ccc(-c4ccc(NC)cc4)nc3s2)ccn1. The summed E-state index contributed by atoms with van der Waals surface area (Å²) in [5.74, 6) is 0. The second kappa shape index (κ2) is 6.65. The molecule has 0 fully saturated rings. The largest absolute Gasteiger partial charge is 0.388 e. The van der Waals surface area contributed by atoms with Crippen molar-refractivity contribution in [2.45, 2.75) is 13.3 Å². The summed E-state index contributed by atoms with van der Waals surface area (Å²) in [4.78, 5) is 11.6. The van der Waals surface area contributed by atoms with Gasteiger partial charge in [0.2, 0.25) is 0 Å². The number of fused-ring (bicyclic) bond motifs is 1. The molecular weight excluding hydrogens is 326 g/mol. The van der Waals surface area contributed by atoms with Crippen LogP contribution < -0.4 is 5.32 Å². The molecule has 0 saturated heterocycles. The highest BCUT2D eigenvalue weighted by Gasteiger charge is 2.08. The summed E-state index contributed by atoms with van der Waals surface area (Å²) < 4.78 is 0. The first kappa shape index (κ1) is 15.8. The van der Waals surface area contributed by atoms with Crippen LogP contribution in [0.15, 0.2) is 60.8 Å². The lowest BCUT2D eigenvalue weighted by Gasteiger charge is -2.03. The van der Waals surface area contributed by atoms with E-state index in [0.717, 1.165) is 33.9 Å². The Bertz CT molecular complexity index is 1020. The lowest BCUT2D eigenvalue weighted by Crippen LogP contribution is -1.87. The summed E-state index contributed by atoms with van der Waals surface area (Å²) in [6.45, 7) is 2.13. The molecule has 3 aromatic heterocycles. The average molecular weight is 345 g/mol. The maximum Gasteiger partial charge on any atom is 0.124 e. The maximum absolute atomic E-state index is 4.87. The van der Waals surface area contributed by atoms with Gasteiger partial charge in [0.15, 0.2) is 0 Å². The van der Waals surface area contributed by atoms with Crippen LogP contribution in [0.4, 0.5) is 5.69 Å². The highest BCUT2D eigenvalue weighted by atomic mass is 32.1. The van der Waals surface area contributed by atoms with E-state index in [2.05, 4.69) is 71.8 Å². The van der Waals surface area contributed by atoms with Crippen molar-refractivity contribution in [1.29, 1.82) is 0 Å². The number of hydrogen-bond donors (Lipinski definition) is 1. The minimum Gasteiger partial charge on any atom is -0.388 e. The summed E-state index contributed by atoms with van der Waals surface area (Å²) in [6, 6.07) is 19.1. The van der Waals surface area contributed by atoms with Crippen LogP contribution in [0.1, 0.15) is 12.6 Å². The van der Waals surface area contributed by atoms with E-state index in [1.165, 1.54) is 15.8 Å². The van der Waals surface area contributed by atoms with E-state index in [4.69, 9.17) is 4.98 Å². The smallest absolute Gasteiger partial charge is 0.124 e. The number of nitrogens with zero attached hydrogens (tertiary/aromatic N) is 2. The van der Waals surface area contributed by atoms with Gasteiger partial charge in [-0.15, -0.1) is 11.3 Å². The topological polar surface area (TPSA) is 37.8 Å². The zero-order chi connectivity index (χ0) is 17.2. The Morgan fingerprint density at radius 1 is 0.960 bits per heavy atom. The second-order valence-electron chi connectivity index (χ2n) is 5.92. The Kier molecular flexibility index (Phi) is 4.20. The molecule has 1 aromatic carbocycles. The number of rotatable bonds is 4. The molecule has 0 bridgehead atoms. The van der Waals surface area contributed by atoms with Gasteiger partial charge >= 0.3 is 0 Å². The van der Waals surface area contributed by atoms with Gasteiger partial charge in [0.05, 0.1) is 5.69 Å². The monoisotopic (exact) mass is 345 g/mol. The Morgan fingerprint density at radius 2 is 1.80 bits per heavy atom. The number of thiophene rings is 1. The first-order valence-electron chi connectivity index (χ1n) is 8.41. The summed E-state index contributed by atoms with van der Waals surface area (Å²) in [6.07, 6.45) is 2.84. The third-order valence-corrected chi connectivity index (χ3v) is 5.41. The normalized spacial score (nSPS) is 11.0. The quantitative estimate of drug-likeness (QED) is 0.521. The molecule has 0 atom stereocenters. The zero-order valence-corrected chi connectivity index (χ0v) is 15.1. The van der Waals surface area contributed by atoms with Crippen molar-refractivity contribution in [2.75, 3.05) is 12.4 Å². The van der Waals surface area contributed by atoms with Gasteiger partial charge in [-0.1, -0.05) is 19.1 Å². The molecule has 0 aliphatic carbocycles. The van der Waals surface area contributed by atoms with Crippen LogP contribution in [-0.2, 0) is 6.42 Å². The highest BCUT2D eigenvalue weighted by molar-refractivity contribution is 7.21. The van der Waals surface area contributed by atoms with Crippen LogP contribution in [0.3, 0.4) is 0 Å². The Balaban J connectivity index is 1.73. The highest BCUT2D eigenvalue weighted by Crippen LogP contribution is 2.34. The first-order valence-corrected chi connectivity index (χ1v) is 9.22. The van der Waals surface area contributed by atoms with E-state index in [1.54, 1.807) is 11.3 Å². The fourth-order valence-corrected chi connectivity index (χ4v) is 3.88. The average Bonchev–Trinajstić information content (AvgIpc) is 3.11. The summed E-state index contributed by atoms with van der Waals surface area (Å²) >= 11 is 1.73. The number of benzene rings is 1. The minimum atomic E-state index is 0.948. The predicted octanol–water partition coefficient (Wildman–Crippen LogP) is 5.63. The van der Waals surface area contributed by atoms with E-state index >= 15 is 0 Å². The number of pyridine rings is 2. The molecule has 0 saturated carbocycles. The number of nitrogens with one attached hydrogen (secondary N) is 1. The van der Waals surface area contributed by atoms with Crippen LogP contribution in [0, 0.1) is 0 Å². The van der Waals surface area contributed by atoms with Crippen molar-refractivity contribution in [3.8, 4) is 21.7 Å². The van der Waals surface area contributed by atoms with Gasteiger partial charge in [0.25, 0.3) is 0 Å². The van der Waals surface area contributed by atoms with Crippen molar-refractivity contribution in [1.82, 2.24) is 9.97 Å². The molecule has 3 heterocycles. The fraction of sp³-hybridized carbons (Fsp3) is 0.143. The fourth-order valence-electron chi connectivity index (χ4n) is 2.85. The molecule has 3 nitrogen and oxygen atoms in total. The van der Waals surface area contributed by atoms with Gasteiger partial charge in [0, 0.05) is 40.5 Å². The Hall–Kier alpha value is -2.72. The van der Waals surface area contributed by atoms with Crippen LogP contribution >= 0.6 is 11.3 Å². The van der Waals surface area contributed by atoms with Crippen molar-refractivity contribution in [2.24, 2.45) is 0 Å². The third-order valence-electron chi connectivity index (χ3n) is 4.32. The molecule has 124 valence electrons. The van der Waals surface area contributed by atoms with Gasteiger partial charge in [-0.2, -0.15) is 0 Å². The number of aromatic nitrogens is 2. The Morgan fingerprint density at radius 3 is 2.56 bits per heavy atom. The van der Waals surface area contributed by atoms with Gasteiger partial charge in [-0.25, -0.2) is 4.98 Å². The van der Waals surface area contributed by atoms with Crippen LogP contribution in [0.5, 0.6) is 0 Å². The van der Waals surface area contributed by atoms with E-state index in [9.17, 15) is 0 Å². The molecule has 0 aliphatic rings. The molecule has 0 aliphatic heterocycles. The van der Waals surface area contributed by atoms with Crippen LogP contribution in [0.2, 0.25) is 0 Å². The molecule has 0 unspecified atom stereocenters. The van der Waals surface area contributed by atoms with Gasteiger partial charge in [-0.3, -0.25) is 4.98 Å². The van der Waals surface area contributed by atoms with Crippen molar-refractivity contribution < 1.29 is 0 Å². The van der Waals surface area contributed by atoms with Gasteiger partial charge in [-0.05, 0) is 54.4 Å². The summed E-state index contributed by atoms with van der Waals surface area (Å²) in [5, 5.41) is 4.33. The summed E-state index contributed by atoms with van der Waals surface area (Å²) in [5.41, 5.74) is 5.58. The standard InChI is InChI=1S/C21H19N3S/c1-3-17-12-15(10-11-23-17)20-13-16-6-9-19(24-21(16)25-20)14-4-7-18(22-2)8-5-14/h4-13,22H,3H2,1-2H3. The predicted molar refractivity (Wildman–Crippen MR) is 107 cm³/mol. The first-order chi connectivity index (χ1) is 12.3. The van der Waals surface area contributed by atoms with Gasteiger partial charge < -0.3 is 5.32 Å². The lowest BCUT2D eigenvalue weighted by molar-refractivity contribution is 1.04. The zero-order valence-electron chi connectivity index (χ0n) is 14.3. The van der Waals surface area contributed by atoms with Crippen LogP contribution in [-0.4, -0.2) is 17.0 Å². The molecule has 4 aromatic rings. The van der Waals surface area contributed by atoms with Crippen LogP contribution in [0.25, 0.3) is 31.9 Å². The summed E-state index contributed by atoms with van der Waals surface area (Å²) in [7, 11) is 1.93. The number of hydrogen-bond acceptors (Lipinski definition) is 4. The minimum absolute atomic E-state index is 0.948. The molecule has 4 heteroatoms. The second-order valence-corrected chi connectivity index (χ2v) is 6.95. The molecule has 4 rings (SSSR count). The molecule has 1 N–H and O–H groups in total. The number of aryl methyl sites for hydroxylation is 1. The Labute approximate surface area is 151 Å².